The Kier molecular flexibility index (Phi) is 9.33. The summed E-state index contributed by atoms with van der Waals surface area (Å²) in [5.41, 5.74) is 4.02. The van der Waals surface area contributed by atoms with Crippen molar-refractivity contribution >= 4 is 17.7 Å². The summed E-state index contributed by atoms with van der Waals surface area (Å²) in [5.74, 6) is 1.54. The maximum Gasteiger partial charge on any atom is 0.270 e. The predicted molar refractivity (Wildman–Crippen MR) is 137 cm³/mol. The number of piperidine rings is 1. The summed E-state index contributed by atoms with van der Waals surface area (Å²) in [6.45, 7) is 5.97. The van der Waals surface area contributed by atoms with Crippen LogP contribution in [0.1, 0.15) is 40.2 Å². The maximum atomic E-state index is 12.7. The molecule has 1 aromatic heterocycles. The van der Waals surface area contributed by atoms with Crippen molar-refractivity contribution in [3.8, 4) is 0 Å². The molecule has 0 radical (unpaired) electrons. The normalized spacial score (nSPS) is 18.4. The second-order valence-electron chi connectivity index (χ2n) is 9.49. The molecule has 1 aromatic carbocycles. The van der Waals surface area contributed by atoms with Crippen LogP contribution in [0, 0.1) is 5.92 Å². The molecule has 34 heavy (non-hydrogen) atoms. The molecule has 0 saturated carbocycles. The maximum absolute atomic E-state index is 12.7. The first-order chi connectivity index (χ1) is 16.6. The molecule has 4 rings (SSSR count). The van der Waals surface area contributed by atoms with Crippen molar-refractivity contribution in [3.05, 3.63) is 59.2 Å². The van der Waals surface area contributed by atoms with Crippen molar-refractivity contribution in [1.82, 2.24) is 25.1 Å². The summed E-state index contributed by atoms with van der Waals surface area (Å²) >= 11 is 1.90. The van der Waals surface area contributed by atoms with Gasteiger partial charge in [-0.05, 0) is 68.1 Å². The number of carbonyl (C=O) groups excluding carboxylic acids is 1. The highest BCUT2D eigenvalue weighted by Crippen LogP contribution is 2.21. The lowest BCUT2D eigenvalue weighted by Crippen LogP contribution is -2.42. The average molecular weight is 484 g/mol. The zero-order chi connectivity index (χ0) is 23.8. The van der Waals surface area contributed by atoms with E-state index in [1.165, 1.54) is 42.6 Å². The number of β-amino-alcohol motifs (C(OH)–C–C–N with tert-alkyl or cyclic N) is 1. The van der Waals surface area contributed by atoms with Gasteiger partial charge in [0.2, 0.25) is 0 Å². The first kappa shape index (κ1) is 25.1. The van der Waals surface area contributed by atoms with Crippen molar-refractivity contribution in [2.45, 2.75) is 38.3 Å². The fourth-order valence-corrected chi connectivity index (χ4v) is 5.38. The Morgan fingerprint density at radius 1 is 1.18 bits per heavy atom. The minimum absolute atomic E-state index is 0.213. The van der Waals surface area contributed by atoms with E-state index < -0.39 is 6.10 Å². The van der Waals surface area contributed by atoms with Crippen molar-refractivity contribution in [1.29, 1.82) is 0 Å². The number of benzene rings is 1. The van der Waals surface area contributed by atoms with E-state index in [4.69, 9.17) is 0 Å². The molecule has 8 heteroatoms. The van der Waals surface area contributed by atoms with Gasteiger partial charge in [0.15, 0.2) is 0 Å². The Balaban J connectivity index is 1.20. The van der Waals surface area contributed by atoms with E-state index in [1.807, 2.05) is 17.8 Å². The molecule has 2 aromatic rings. The van der Waals surface area contributed by atoms with Crippen molar-refractivity contribution < 1.29 is 9.90 Å². The van der Waals surface area contributed by atoms with Crippen LogP contribution < -0.4 is 5.32 Å². The van der Waals surface area contributed by atoms with Gasteiger partial charge >= 0.3 is 0 Å². The number of aromatic nitrogens is 2. The van der Waals surface area contributed by atoms with E-state index >= 15 is 0 Å². The van der Waals surface area contributed by atoms with Gasteiger partial charge in [0.25, 0.3) is 5.91 Å². The van der Waals surface area contributed by atoms with Gasteiger partial charge in [0.1, 0.15) is 12.0 Å². The average Bonchev–Trinajstić information content (AvgIpc) is 2.87. The number of aliphatic hydroxyl groups is 1. The van der Waals surface area contributed by atoms with Crippen LogP contribution in [-0.4, -0.2) is 88.2 Å². The van der Waals surface area contributed by atoms with Gasteiger partial charge in [0, 0.05) is 44.2 Å². The van der Waals surface area contributed by atoms with Gasteiger partial charge < -0.3 is 15.3 Å². The molecule has 2 aliphatic heterocycles. The Morgan fingerprint density at radius 2 is 1.97 bits per heavy atom. The molecule has 2 N–H and O–H groups in total. The number of carbonyl (C=O) groups is 1. The highest BCUT2D eigenvalue weighted by molar-refractivity contribution is 7.98. The van der Waals surface area contributed by atoms with E-state index in [0.29, 0.717) is 18.2 Å². The topological polar surface area (TPSA) is 81.6 Å². The lowest BCUT2D eigenvalue weighted by atomic mass is 9.92. The number of amides is 1. The number of nitrogens with zero attached hydrogens (tertiary/aromatic N) is 4. The largest absolute Gasteiger partial charge is 0.390 e. The van der Waals surface area contributed by atoms with Crippen molar-refractivity contribution in [2.24, 2.45) is 5.92 Å². The smallest absolute Gasteiger partial charge is 0.270 e. The molecular weight excluding hydrogens is 446 g/mol. The highest BCUT2D eigenvalue weighted by atomic mass is 32.2. The number of hydrogen-bond donors (Lipinski definition) is 2. The van der Waals surface area contributed by atoms with Gasteiger partial charge in [-0.15, -0.1) is 0 Å². The Labute approximate surface area is 207 Å². The summed E-state index contributed by atoms with van der Waals surface area (Å²) in [4.78, 5) is 26.0. The number of thioether (sulfide) groups is 1. The van der Waals surface area contributed by atoms with E-state index in [2.05, 4.69) is 55.6 Å². The highest BCUT2D eigenvalue weighted by Gasteiger charge is 2.21. The zero-order valence-corrected chi connectivity index (χ0v) is 21.0. The molecule has 0 aliphatic carbocycles. The summed E-state index contributed by atoms with van der Waals surface area (Å²) < 4.78 is 0. The van der Waals surface area contributed by atoms with Crippen LogP contribution in [0.2, 0.25) is 0 Å². The molecule has 2 aliphatic rings. The second-order valence-corrected chi connectivity index (χ2v) is 10.5. The van der Waals surface area contributed by atoms with Gasteiger partial charge in [-0.25, -0.2) is 9.97 Å². The Hall–Kier alpha value is -2.00. The summed E-state index contributed by atoms with van der Waals surface area (Å²) in [7, 11) is 0. The lowest BCUT2D eigenvalue weighted by Gasteiger charge is -2.31. The Bertz CT molecular complexity index is 935. The lowest BCUT2D eigenvalue weighted by molar-refractivity contribution is 0.0837. The van der Waals surface area contributed by atoms with E-state index in [9.17, 15) is 9.90 Å². The fraction of sp³-hybridized carbons (Fsp3) is 0.577. The van der Waals surface area contributed by atoms with Gasteiger partial charge in [0.05, 0.1) is 6.10 Å². The van der Waals surface area contributed by atoms with Crippen LogP contribution in [0.25, 0.3) is 0 Å². The molecule has 1 amide bonds. The molecule has 7 nitrogen and oxygen atoms in total. The number of fused-ring (bicyclic) bond motifs is 1. The number of rotatable bonds is 10. The number of aliphatic hydroxyl groups excluding tert-OH is 1. The molecule has 0 unspecified atom stereocenters. The summed E-state index contributed by atoms with van der Waals surface area (Å²) in [6.07, 6.45) is 7.25. The second kappa shape index (κ2) is 12.6. The minimum Gasteiger partial charge on any atom is -0.390 e. The summed E-state index contributed by atoms with van der Waals surface area (Å²) in [6, 6.07) is 10.3. The van der Waals surface area contributed by atoms with Crippen LogP contribution in [0.3, 0.4) is 0 Å². The van der Waals surface area contributed by atoms with Crippen molar-refractivity contribution in [3.63, 3.8) is 0 Å². The first-order valence-corrected chi connectivity index (χ1v) is 13.8. The van der Waals surface area contributed by atoms with Gasteiger partial charge in [-0.3, -0.25) is 9.69 Å². The van der Waals surface area contributed by atoms with E-state index in [1.54, 1.807) is 0 Å². The van der Waals surface area contributed by atoms with E-state index in [0.717, 1.165) is 44.7 Å². The Morgan fingerprint density at radius 3 is 2.76 bits per heavy atom. The molecular formula is C26H37N5O2S. The monoisotopic (exact) mass is 483 g/mol. The zero-order valence-electron chi connectivity index (χ0n) is 20.2. The number of hydrogen-bond acceptors (Lipinski definition) is 7. The SMILES string of the molecule is CSCCN1CCC(Cc2cc(C(=O)NC[C@H](O)CN3CCc4ccccc4C3)ncn2)CC1. The van der Waals surface area contributed by atoms with Gasteiger partial charge in [-0.1, -0.05) is 24.3 Å². The van der Waals surface area contributed by atoms with Crippen LogP contribution >= 0.6 is 11.8 Å². The molecule has 1 atom stereocenters. The molecule has 3 heterocycles. The fourth-order valence-electron chi connectivity index (χ4n) is 4.94. The van der Waals surface area contributed by atoms with E-state index in [-0.39, 0.29) is 12.5 Å². The third kappa shape index (κ3) is 7.25. The standard InChI is InChI=1S/C26H37N5O2S/c1-34-13-12-30-9-6-20(7-10-30)14-23-15-25(29-19-28-23)26(33)27-16-24(32)18-31-11-8-21-4-2-3-5-22(21)17-31/h2-5,15,19-20,24,32H,6-14,16-18H2,1H3,(H,27,33)/t24-/m0/s1. The third-order valence-corrected chi connectivity index (χ3v) is 7.54. The summed E-state index contributed by atoms with van der Waals surface area (Å²) in [5, 5.41) is 13.3. The molecule has 0 bridgehead atoms. The third-order valence-electron chi connectivity index (χ3n) is 6.95. The predicted octanol–water partition coefficient (Wildman–Crippen LogP) is 2.24. The quantitative estimate of drug-likeness (QED) is 0.536. The number of likely N-dealkylation sites (tertiary alicyclic amines) is 1. The van der Waals surface area contributed by atoms with Gasteiger partial charge in [-0.2, -0.15) is 11.8 Å². The molecule has 184 valence electrons. The first-order valence-electron chi connectivity index (χ1n) is 12.4. The molecule has 1 saturated heterocycles. The van der Waals surface area contributed by atoms with Crippen molar-refractivity contribution in [2.75, 3.05) is 51.3 Å². The van der Waals surface area contributed by atoms with Crippen LogP contribution in [0.15, 0.2) is 36.7 Å². The molecule has 1 fully saturated rings. The minimum atomic E-state index is -0.619. The van der Waals surface area contributed by atoms with Crippen LogP contribution in [-0.2, 0) is 19.4 Å². The molecule has 0 spiro atoms. The van der Waals surface area contributed by atoms with Crippen LogP contribution in [0.5, 0.6) is 0 Å². The van der Waals surface area contributed by atoms with Crippen LogP contribution in [0.4, 0.5) is 0 Å². The number of nitrogens with one attached hydrogen (secondary N) is 1.